The number of amides is 3. The third-order valence-corrected chi connectivity index (χ3v) is 7.92. The Morgan fingerprint density at radius 3 is 1.62 bits per heavy atom. The highest BCUT2D eigenvalue weighted by Crippen LogP contribution is 2.17. The second-order valence-corrected chi connectivity index (χ2v) is 14.2. The maximum atomic E-state index is 13.8. The fraction of sp³-hybridized carbons (Fsp3) is 0.462. The van der Waals surface area contributed by atoms with E-state index in [1.54, 1.807) is 34.6 Å². The van der Waals surface area contributed by atoms with Crippen molar-refractivity contribution in [3.8, 4) is 0 Å². The Bertz CT molecular complexity index is 1480. The second kappa shape index (κ2) is 19.1. The normalized spacial score (nSPS) is 14.6. The van der Waals surface area contributed by atoms with Gasteiger partial charge in [0.25, 0.3) is 0 Å². The number of nitrogens with one attached hydrogen (secondary N) is 3. The summed E-state index contributed by atoms with van der Waals surface area (Å²) >= 11 is 0. The molecule has 50 heavy (non-hydrogen) atoms. The summed E-state index contributed by atoms with van der Waals surface area (Å²) in [4.78, 5) is 41.5. The molecule has 0 saturated heterocycles. The maximum Gasteiger partial charge on any atom is 0.408 e. The number of aliphatic hydroxyl groups is 2. The number of hydrogen-bond donors (Lipinski definition) is 5. The van der Waals surface area contributed by atoms with Crippen LogP contribution in [0.15, 0.2) is 84.9 Å². The zero-order chi connectivity index (χ0) is 36.8. The molecule has 0 bridgehead atoms. The van der Waals surface area contributed by atoms with Gasteiger partial charge in [-0.3, -0.25) is 4.79 Å². The van der Waals surface area contributed by atoms with E-state index < -0.39 is 54.0 Å². The topological polar surface area (TPSA) is 149 Å². The Hall–Kier alpha value is -4.45. The van der Waals surface area contributed by atoms with Gasteiger partial charge in [-0.15, -0.1) is 0 Å². The van der Waals surface area contributed by atoms with E-state index in [-0.39, 0.29) is 25.4 Å². The van der Waals surface area contributed by atoms with E-state index in [9.17, 15) is 24.6 Å². The second-order valence-electron chi connectivity index (χ2n) is 14.2. The summed E-state index contributed by atoms with van der Waals surface area (Å²) in [6.07, 6.45) is -4.21. The van der Waals surface area contributed by atoms with E-state index in [0.717, 1.165) is 28.8 Å². The van der Waals surface area contributed by atoms with Crippen molar-refractivity contribution in [3.05, 3.63) is 107 Å². The van der Waals surface area contributed by atoms with Crippen LogP contribution in [0, 0.1) is 5.92 Å². The van der Waals surface area contributed by atoms with Crippen LogP contribution in [0.5, 0.6) is 0 Å². The Balaban J connectivity index is 1.77. The highest BCUT2D eigenvalue weighted by atomic mass is 16.6. The largest absolute Gasteiger partial charge is 0.445 e. The number of ether oxygens (including phenoxy) is 2. The van der Waals surface area contributed by atoms with E-state index in [0.29, 0.717) is 0 Å². The molecule has 3 amide bonds. The smallest absolute Gasteiger partial charge is 0.408 e. The van der Waals surface area contributed by atoms with Gasteiger partial charge in [-0.1, -0.05) is 98.8 Å². The van der Waals surface area contributed by atoms with Gasteiger partial charge in [0, 0.05) is 6.54 Å². The summed E-state index contributed by atoms with van der Waals surface area (Å²) < 4.78 is 10.9. The Kier molecular flexibility index (Phi) is 15.3. The number of carbonyl (C=O) groups excluding carboxylic acids is 3. The van der Waals surface area contributed by atoms with Crippen LogP contribution < -0.4 is 16.0 Å². The van der Waals surface area contributed by atoms with Crippen LogP contribution >= 0.6 is 0 Å². The predicted molar refractivity (Wildman–Crippen MR) is 193 cm³/mol. The van der Waals surface area contributed by atoms with Crippen LogP contribution in [0.2, 0.25) is 0 Å². The molecule has 5 N–H and O–H groups in total. The van der Waals surface area contributed by atoms with E-state index in [2.05, 4.69) is 20.9 Å². The lowest BCUT2D eigenvalue weighted by Crippen LogP contribution is -2.60. The minimum Gasteiger partial charge on any atom is -0.445 e. The van der Waals surface area contributed by atoms with Crippen molar-refractivity contribution in [1.29, 1.82) is 0 Å². The fourth-order valence-corrected chi connectivity index (χ4v) is 5.42. The first kappa shape index (κ1) is 40.0. The molecule has 0 aromatic heterocycles. The molecule has 0 aliphatic carbocycles. The highest BCUT2D eigenvalue weighted by molar-refractivity contribution is 5.86. The fourth-order valence-electron chi connectivity index (χ4n) is 5.42. The number of hydrogen-bond acceptors (Lipinski definition) is 8. The van der Waals surface area contributed by atoms with Gasteiger partial charge in [-0.05, 0) is 75.9 Å². The van der Waals surface area contributed by atoms with Crippen LogP contribution in [0.4, 0.5) is 9.59 Å². The molecule has 11 nitrogen and oxygen atoms in total. The predicted octanol–water partition coefficient (Wildman–Crippen LogP) is 4.58. The number of alkyl carbamates (subject to hydrolysis) is 2. The van der Waals surface area contributed by atoms with Gasteiger partial charge in [0.15, 0.2) is 0 Å². The van der Waals surface area contributed by atoms with Crippen molar-refractivity contribution in [2.24, 2.45) is 5.92 Å². The lowest BCUT2D eigenvalue weighted by Gasteiger charge is -2.34. The van der Waals surface area contributed by atoms with Gasteiger partial charge in [0.2, 0.25) is 5.91 Å². The SMILES string of the molecule is CC(C)[C@H](NC(=O)OCc1ccc(CN(C)C)cc1)C(=O)N[C@@H](Cc1ccccc1)[C@@H](O)[C@@H](O)[C@@H](Cc1ccccc1)NC(=O)OC(C)(C)C. The maximum absolute atomic E-state index is 13.8. The average Bonchev–Trinajstić information content (AvgIpc) is 3.05. The highest BCUT2D eigenvalue weighted by Gasteiger charge is 2.37. The molecule has 0 aliphatic rings. The van der Waals surface area contributed by atoms with Crippen molar-refractivity contribution in [1.82, 2.24) is 20.9 Å². The van der Waals surface area contributed by atoms with Gasteiger partial charge in [0.1, 0.15) is 30.5 Å². The van der Waals surface area contributed by atoms with Crippen LogP contribution in [-0.2, 0) is 40.3 Å². The molecule has 0 heterocycles. The summed E-state index contributed by atoms with van der Waals surface area (Å²) in [6.45, 7) is 9.57. The Morgan fingerprint density at radius 2 is 1.16 bits per heavy atom. The van der Waals surface area contributed by atoms with Crippen molar-refractivity contribution >= 4 is 18.1 Å². The van der Waals surface area contributed by atoms with Gasteiger partial charge in [-0.25, -0.2) is 9.59 Å². The van der Waals surface area contributed by atoms with Crippen LogP contribution in [0.25, 0.3) is 0 Å². The summed E-state index contributed by atoms with van der Waals surface area (Å²) in [5, 5.41) is 31.6. The molecule has 0 saturated carbocycles. The van der Waals surface area contributed by atoms with Crippen molar-refractivity contribution in [2.45, 2.75) is 96.5 Å². The van der Waals surface area contributed by atoms with Crippen LogP contribution in [0.3, 0.4) is 0 Å². The standard InChI is InChI=1S/C39H54N4O7/c1-26(2)33(42-37(47)49-25-30-20-18-29(19-21-30)24-43(6)7)36(46)40-31(22-27-14-10-8-11-15-27)34(44)35(45)32(23-28-16-12-9-13-17-28)41-38(48)50-39(3,4)5/h8-21,26,31-35,44-45H,22-25H2,1-7H3,(H,40,46)(H,41,48)(H,42,47)/t31-,32+,33-,34+,35-/m0/s1. The van der Waals surface area contributed by atoms with Gasteiger partial charge < -0.3 is 40.5 Å². The Morgan fingerprint density at radius 1 is 0.680 bits per heavy atom. The number of nitrogens with zero attached hydrogens (tertiary/aromatic N) is 1. The van der Waals surface area contributed by atoms with Crippen molar-refractivity contribution in [3.63, 3.8) is 0 Å². The van der Waals surface area contributed by atoms with E-state index in [1.165, 1.54) is 0 Å². The van der Waals surface area contributed by atoms with Crippen LogP contribution in [-0.4, -0.2) is 83.2 Å². The minimum absolute atomic E-state index is 0.0233. The molecule has 3 aromatic carbocycles. The number of rotatable bonds is 16. The summed E-state index contributed by atoms with van der Waals surface area (Å²) in [5.41, 5.74) is 2.76. The first-order valence-corrected chi connectivity index (χ1v) is 17.0. The molecule has 11 heteroatoms. The molecular formula is C39H54N4O7. The molecule has 0 spiro atoms. The zero-order valence-electron chi connectivity index (χ0n) is 30.3. The molecule has 3 rings (SSSR count). The molecular weight excluding hydrogens is 636 g/mol. The number of benzene rings is 3. The zero-order valence-corrected chi connectivity index (χ0v) is 30.3. The molecule has 272 valence electrons. The summed E-state index contributed by atoms with van der Waals surface area (Å²) in [5.74, 6) is -0.899. The molecule has 0 fully saturated rings. The molecule has 0 aliphatic heterocycles. The quantitative estimate of drug-likeness (QED) is 0.147. The third-order valence-electron chi connectivity index (χ3n) is 7.92. The van der Waals surface area contributed by atoms with E-state index in [4.69, 9.17) is 9.47 Å². The van der Waals surface area contributed by atoms with Crippen molar-refractivity contribution in [2.75, 3.05) is 14.1 Å². The molecule has 3 aromatic rings. The molecule has 5 atom stereocenters. The Labute approximate surface area is 296 Å². The lowest BCUT2D eigenvalue weighted by molar-refractivity contribution is -0.126. The first-order chi connectivity index (χ1) is 23.6. The number of aliphatic hydroxyl groups excluding tert-OH is 2. The number of carbonyl (C=O) groups is 3. The van der Waals surface area contributed by atoms with Gasteiger partial charge in [0.05, 0.1) is 12.1 Å². The summed E-state index contributed by atoms with van der Waals surface area (Å²) in [6, 6.07) is 23.2. The van der Waals surface area contributed by atoms with Gasteiger partial charge in [-0.2, -0.15) is 0 Å². The molecule has 0 radical (unpaired) electrons. The van der Waals surface area contributed by atoms with Gasteiger partial charge >= 0.3 is 12.2 Å². The summed E-state index contributed by atoms with van der Waals surface area (Å²) in [7, 11) is 3.98. The van der Waals surface area contributed by atoms with E-state index in [1.807, 2.05) is 99.0 Å². The first-order valence-electron chi connectivity index (χ1n) is 17.0. The monoisotopic (exact) mass is 690 g/mol. The minimum atomic E-state index is -1.53. The van der Waals surface area contributed by atoms with E-state index >= 15 is 0 Å². The third kappa shape index (κ3) is 13.8. The molecule has 0 unspecified atom stereocenters. The van der Waals surface area contributed by atoms with Crippen LogP contribution in [0.1, 0.15) is 56.9 Å². The lowest BCUT2D eigenvalue weighted by atomic mass is 9.90. The average molecular weight is 691 g/mol. The van der Waals surface area contributed by atoms with Crippen molar-refractivity contribution < 1.29 is 34.1 Å².